The summed E-state index contributed by atoms with van der Waals surface area (Å²) in [5.41, 5.74) is -1.12. The van der Waals surface area contributed by atoms with E-state index in [-0.39, 0.29) is 11.5 Å². The first-order valence-electron chi connectivity index (χ1n) is 6.18. The number of nitrogens with one attached hydrogen (secondary N) is 1. The number of alkyl halides is 3. The summed E-state index contributed by atoms with van der Waals surface area (Å²) in [4.78, 5) is 26.0. The number of hydrogen-bond acceptors (Lipinski definition) is 5. The van der Waals surface area contributed by atoms with Gasteiger partial charge in [0.05, 0.1) is 11.8 Å². The number of hydrogen-bond donors (Lipinski definition) is 2. The number of halogens is 3. The van der Waals surface area contributed by atoms with Crippen LogP contribution < -0.4 is 5.32 Å². The van der Waals surface area contributed by atoms with E-state index in [1.807, 2.05) is 0 Å². The molecule has 0 aromatic carbocycles. The Balaban J connectivity index is 2.16. The predicted octanol–water partition coefficient (Wildman–Crippen LogP) is 0.884. The molecule has 1 unspecified atom stereocenters. The third kappa shape index (κ3) is 3.81. The van der Waals surface area contributed by atoms with Crippen molar-refractivity contribution in [3.63, 3.8) is 0 Å². The Labute approximate surface area is 126 Å². The van der Waals surface area contributed by atoms with Gasteiger partial charge in [-0.3, -0.25) is 9.59 Å². The molecular formula is C12H10F3N5O3. The Morgan fingerprint density at radius 2 is 2.04 bits per heavy atom. The molecule has 23 heavy (non-hydrogen) atoms. The lowest BCUT2D eigenvalue weighted by atomic mass is 10.3. The van der Waals surface area contributed by atoms with E-state index in [0.717, 1.165) is 23.0 Å². The van der Waals surface area contributed by atoms with Gasteiger partial charge in [0.2, 0.25) is 0 Å². The predicted molar refractivity (Wildman–Crippen MR) is 68.7 cm³/mol. The van der Waals surface area contributed by atoms with Crippen molar-refractivity contribution >= 4 is 11.9 Å². The van der Waals surface area contributed by atoms with Crippen molar-refractivity contribution in [1.29, 1.82) is 0 Å². The second kappa shape index (κ2) is 6.02. The molecule has 2 N–H and O–H groups in total. The van der Waals surface area contributed by atoms with Crippen LogP contribution in [0.15, 0.2) is 24.5 Å². The van der Waals surface area contributed by atoms with Crippen molar-refractivity contribution in [2.75, 3.05) is 0 Å². The fourth-order valence-corrected chi connectivity index (χ4v) is 1.50. The maximum atomic E-state index is 12.4. The maximum absolute atomic E-state index is 12.4. The van der Waals surface area contributed by atoms with Gasteiger partial charge in [-0.15, -0.1) is 5.10 Å². The van der Waals surface area contributed by atoms with Crippen LogP contribution in [-0.2, 0) is 11.0 Å². The number of carbonyl (C=O) groups is 2. The van der Waals surface area contributed by atoms with Gasteiger partial charge in [0.25, 0.3) is 5.91 Å². The van der Waals surface area contributed by atoms with Gasteiger partial charge in [-0.05, 0) is 19.1 Å². The van der Waals surface area contributed by atoms with Gasteiger partial charge in [-0.1, -0.05) is 5.21 Å². The van der Waals surface area contributed by atoms with Gasteiger partial charge in [0.1, 0.15) is 6.04 Å². The average molecular weight is 329 g/mol. The summed E-state index contributed by atoms with van der Waals surface area (Å²) in [6.45, 7) is 1.27. The van der Waals surface area contributed by atoms with Crippen LogP contribution in [0.2, 0.25) is 0 Å². The highest BCUT2D eigenvalue weighted by atomic mass is 19.4. The first-order valence-corrected chi connectivity index (χ1v) is 6.18. The lowest BCUT2D eigenvalue weighted by molar-refractivity contribution is -0.139. The largest absolute Gasteiger partial charge is 0.480 e. The minimum absolute atomic E-state index is 0.0239. The molecule has 0 radical (unpaired) electrons. The number of nitrogens with zero attached hydrogens (tertiary/aromatic N) is 4. The molecule has 1 atom stereocenters. The van der Waals surface area contributed by atoms with Gasteiger partial charge in [-0.2, -0.15) is 13.2 Å². The molecule has 0 fully saturated rings. The van der Waals surface area contributed by atoms with Crippen LogP contribution in [0.5, 0.6) is 0 Å². The zero-order valence-electron chi connectivity index (χ0n) is 11.6. The molecule has 2 aromatic heterocycles. The van der Waals surface area contributed by atoms with E-state index in [9.17, 15) is 22.8 Å². The number of carboxylic acid groups (broad SMARTS) is 1. The number of amides is 1. The van der Waals surface area contributed by atoms with E-state index >= 15 is 0 Å². The standard InChI is InChI=1S/C12H10F3N5O3/c1-6(11(22)23)17-10(21)8-5-20(19-18-8)9-3-2-7(4-16-9)12(13,14)15/h2-6H,1H3,(H,17,21)(H,22,23). The molecule has 0 saturated heterocycles. The van der Waals surface area contributed by atoms with Crippen molar-refractivity contribution in [3.05, 3.63) is 35.8 Å². The summed E-state index contributed by atoms with van der Waals surface area (Å²) in [5.74, 6) is -1.98. The minimum atomic E-state index is -4.51. The molecule has 11 heteroatoms. The van der Waals surface area contributed by atoms with Gasteiger partial charge in [0, 0.05) is 6.20 Å². The van der Waals surface area contributed by atoms with Crippen LogP contribution in [0.1, 0.15) is 23.0 Å². The fourth-order valence-electron chi connectivity index (χ4n) is 1.50. The number of aliphatic carboxylic acids is 1. The summed E-state index contributed by atoms with van der Waals surface area (Å²) >= 11 is 0. The van der Waals surface area contributed by atoms with Gasteiger partial charge in [0.15, 0.2) is 11.5 Å². The summed E-state index contributed by atoms with van der Waals surface area (Å²) in [7, 11) is 0. The first-order chi connectivity index (χ1) is 10.7. The molecule has 1 amide bonds. The molecule has 122 valence electrons. The SMILES string of the molecule is CC(NC(=O)c1cn(-c2ccc(C(F)(F)F)cn2)nn1)C(=O)O. The van der Waals surface area contributed by atoms with E-state index in [2.05, 4.69) is 20.6 Å². The van der Waals surface area contributed by atoms with Gasteiger partial charge >= 0.3 is 12.1 Å². The summed E-state index contributed by atoms with van der Waals surface area (Å²) in [6.07, 6.45) is -2.76. The lowest BCUT2D eigenvalue weighted by Gasteiger charge is -2.07. The van der Waals surface area contributed by atoms with Crippen LogP contribution in [0.4, 0.5) is 13.2 Å². The molecule has 0 spiro atoms. The average Bonchev–Trinajstić information content (AvgIpc) is 2.96. The van der Waals surface area contributed by atoms with E-state index in [0.29, 0.717) is 6.20 Å². The van der Waals surface area contributed by atoms with Crippen molar-refractivity contribution in [1.82, 2.24) is 25.3 Å². The van der Waals surface area contributed by atoms with Crippen molar-refractivity contribution in [2.45, 2.75) is 19.1 Å². The Kier molecular flexibility index (Phi) is 4.29. The fraction of sp³-hybridized carbons (Fsp3) is 0.250. The molecular weight excluding hydrogens is 319 g/mol. The van der Waals surface area contributed by atoms with Crippen molar-refractivity contribution in [2.24, 2.45) is 0 Å². The summed E-state index contributed by atoms with van der Waals surface area (Å²) < 4.78 is 38.3. The Morgan fingerprint density at radius 3 is 2.57 bits per heavy atom. The van der Waals surface area contributed by atoms with Gasteiger partial charge < -0.3 is 10.4 Å². The number of rotatable bonds is 4. The summed E-state index contributed by atoms with van der Waals surface area (Å²) in [5, 5.41) is 17.9. The van der Waals surface area contributed by atoms with E-state index in [1.54, 1.807) is 0 Å². The number of aromatic nitrogens is 4. The van der Waals surface area contributed by atoms with Crippen LogP contribution in [-0.4, -0.2) is 43.0 Å². The Bertz CT molecular complexity index is 726. The van der Waals surface area contributed by atoms with E-state index < -0.39 is 29.7 Å². The van der Waals surface area contributed by atoms with Crippen LogP contribution in [0.3, 0.4) is 0 Å². The second-order valence-electron chi connectivity index (χ2n) is 4.48. The molecule has 0 aliphatic heterocycles. The Hall–Kier alpha value is -2.98. The monoisotopic (exact) mass is 329 g/mol. The highest BCUT2D eigenvalue weighted by Crippen LogP contribution is 2.28. The Morgan fingerprint density at radius 1 is 1.35 bits per heavy atom. The molecule has 0 aliphatic carbocycles. The highest BCUT2D eigenvalue weighted by Gasteiger charge is 2.30. The number of pyridine rings is 1. The molecule has 2 rings (SSSR count). The normalized spacial score (nSPS) is 12.7. The molecule has 2 aromatic rings. The smallest absolute Gasteiger partial charge is 0.417 e. The second-order valence-corrected chi connectivity index (χ2v) is 4.48. The molecule has 0 bridgehead atoms. The zero-order valence-corrected chi connectivity index (χ0v) is 11.6. The maximum Gasteiger partial charge on any atom is 0.417 e. The minimum Gasteiger partial charge on any atom is -0.480 e. The number of carboxylic acids is 1. The molecule has 0 aliphatic rings. The number of carbonyl (C=O) groups excluding carboxylic acids is 1. The zero-order chi connectivity index (χ0) is 17.2. The molecule has 0 saturated carbocycles. The van der Waals surface area contributed by atoms with E-state index in [1.165, 1.54) is 6.92 Å². The van der Waals surface area contributed by atoms with Crippen LogP contribution in [0.25, 0.3) is 5.82 Å². The first kappa shape index (κ1) is 16.4. The third-order valence-corrected chi connectivity index (χ3v) is 2.75. The topological polar surface area (TPSA) is 110 Å². The molecule has 2 heterocycles. The van der Waals surface area contributed by atoms with Crippen molar-refractivity contribution < 1.29 is 27.9 Å². The van der Waals surface area contributed by atoms with Gasteiger partial charge in [-0.25, -0.2) is 9.67 Å². The quantitative estimate of drug-likeness (QED) is 0.862. The van der Waals surface area contributed by atoms with Crippen LogP contribution >= 0.6 is 0 Å². The summed E-state index contributed by atoms with van der Waals surface area (Å²) in [6, 6.07) is 0.756. The lowest BCUT2D eigenvalue weighted by Crippen LogP contribution is -2.38. The van der Waals surface area contributed by atoms with Crippen LogP contribution in [0, 0.1) is 0 Å². The van der Waals surface area contributed by atoms with E-state index in [4.69, 9.17) is 5.11 Å². The van der Waals surface area contributed by atoms with Crippen molar-refractivity contribution in [3.8, 4) is 5.82 Å². The highest BCUT2D eigenvalue weighted by molar-refractivity contribution is 5.94. The molecule has 8 nitrogen and oxygen atoms in total. The third-order valence-electron chi connectivity index (χ3n) is 2.75.